The van der Waals surface area contributed by atoms with E-state index in [2.05, 4.69) is 0 Å². The highest BCUT2D eigenvalue weighted by Crippen LogP contribution is 2.39. The summed E-state index contributed by atoms with van der Waals surface area (Å²) in [6, 6.07) is 9.21. The molecule has 5 heteroatoms. The lowest BCUT2D eigenvalue weighted by Crippen LogP contribution is -2.24. The molecule has 17 heavy (non-hydrogen) atoms. The van der Waals surface area contributed by atoms with Crippen molar-refractivity contribution < 1.29 is 19.1 Å². The van der Waals surface area contributed by atoms with Gasteiger partial charge in [0.05, 0.1) is 6.61 Å². The van der Waals surface area contributed by atoms with Crippen molar-refractivity contribution in [1.82, 2.24) is 0 Å². The van der Waals surface area contributed by atoms with Gasteiger partial charge in [0.25, 0.3) is 0 Å². The Morgan fingerprint density at radius 2 is 2.12 bits per heavy atom. The van der Waals surface area contributed by atoms with Crippen LogP contribution in [0.1, 0.15) is 18.6 Å². The van der Waals surface area contributed by atoms with Crippen LogP contribution >= 0.6 is 11.8 Å². The molecule has 1 aliphatic rings. The van der Waals surface area contributed by atoms with E-state index in [-0.39, 0.29) is 0 Å². The van der Waals surface area contributed by atoms with E-state index in [0.717, 1.165) is 17.3 Å². The fourth-order valence-corrected chi connectivity index (χ4v) is 2.51. The first-order valence-corrected chi connectivity index (χ1v) is 6.19. The van der Waals surface area contributed by atoms with Crippen molar-refractivity contribution in [2.45, 2.75) is 18.3 Å². The van der Waals surface area contributed by atoms with Crippen molar-refractivity contribution >= 4 is 23.0 Å². The molecular formula is C12H12O4S. The summed E-state index contributed by atoms with van der Waals surface area (Å²) >= 11 is 0.881. The standard InChI is InChI=1S/C12H12O4S/c1-2-15-11(13)10-9(16-12(14)17-10)8-6-4-3-5-7-8/h3-7,9-10H,2H2,1H3/t9-,10+/m0/s1. The molecular weight excluding hydrogens is 240 g/mol. The summed E-state index contributed by atoms with van der Waals surface area (Å²) < 4.78 is 10.1. The summed E-state index contributed by atoms with van der Waals surface area (Å²) in [6.07, 6.45) is -0.548. The predicted molar refractivity (Wildman–Crippen MR) is 63.7 cm³/mol. The lowest BCUT2D eigenvalue weighted by molar-refractivity contribution is -0.144. The number of hydrogen-bond acceptors (Lipinski definition) is 5. The molecule has 1 saturated heterocycles. The van der Waals surface area contributed by atoms with E-state index in [1.807, 2.05) is 30.3 Å². The van der Waals surface area contributed by atoms with Crippen LogP contribution in [0.15, 0.2) is 30.3 Å². The lowest BCUT2D eigenvalue weighted by Gasteiger charge is -2.15. The Balaban J connectivity index is 2.20. The van der Waals surface area contributed by atoms with Crippen molar-refractivity contribution in [2.75, 3.05) is 6.61 Å². The van der Waals surface area contributed by atoms with Crippen molar-refractivity contribution in [1.29, 1.82) is 0 Å². The molecule has 1 aromatic carbocycles. The van der Waals surface area contributed by atoms with E-state index in [1.165, 1.54) is 0 Å². The third-order valence-corrected chi connectivity index (χ3v) is 3.35. The van der Waals surface area contributed by atoms with Gasteiger partial charge in [-0.05, 0) is 24.2 Å². The summed E-state index contributed by atoms with van der Waals surface area (Å²) in [7, 11) is 0. The fourth-order valence-electron chi connectivity index (χ4n) is 1.64. The van der Waals surface area contributed by atoms with Crippen LogP contribution in [0.4, 0.5) is 4.79 Å². The van der Waals surface area contributed by atoms with E-state index in [1.54, 1.807) is 6.92 Å². The number of cyclic esters (lactones) is 1. The average Bonchev–Trinajstić information content (AvgIpc) is 2.73. The van der Waals surface area contributed by atoms with Crippen LogP contribution in [0.5, 0.6) is 0 Å². The first-order valence-electron chi connectivity index (χ1n) is 5.31. The second-order valence-electron chi connectivity index (χ2n) is 3.49. The Morgan fingerprint density at radius 1 is 1.41 bits per heavy atom. The monoisotopic (exact) mass is 252 g/mol. The van der Waals surface area contributed by atoms with Crippen LogP contribution in [0.3, 0.4) is 0 Å². The number of carbonyl (C=O) groups is 2. The highest BCUT2D eigenvalue weighted by atomic mass is 32.2. The normalized spacial score (nSPS) is 23.2. The molecule has 0 radical (unpaired) electrons. The molecule has 1 fully saturated rings. The van der Waals surface area contributed by atoms with Crippen LogP contribution in [0, 0.1) is 0 Å². The molecule has 1 aromatic rings. The maximum absolute atomic E-state index is 11.7. The average molecular weight is 252 g/mol. The number of benzene rings is 1. The smallest absolute Gasteiger partial charge is 0.368 e. The van der Waals surface area contributed by atoms with Gasteiger partial charge >= 0.3 is 11.3 Å². The van der Waals surface area contributed by atoms with E-state index in [9.17, 15) is 9.59 Å². The molecule has 4 nitrogen and oxygen atoms in total. The third-order valence-electron chi connectivity index (χ3n) is 2.37. The molecule has 2 rings (SSSR count). The molecule has 0 N–H and O–H groups in total. The van der Waals surface area contributed by atoms with Gasteiger partial charge in [-0.1, -0.05) is 30.3 Å². The Labute approximate surface area is 103 Å². The number of hydrogen-bond donors (Lipinski definition) is 0. The maximum Gasteiger partial charge on any atom is 0.368 e. The zero-order valence-corrected chi connectivity index (χ0v) is 10.1. The first kappa shape index (κ1) is 12.0. The highest BCUT2D eigenvalue weighted by molar-refractivity contribution is 8.14. The van der Waals surface area contributed by atoms with Crippen LogP contribution in [0.25, 0.3) is 0 Å². The Morgan fingerprint density at radius 3 is 2.76 bits per heavy atom. The summed E-state index contributed by atoms with van der Waals surface area (Å²) in [5, 5.41) is -1.04. The molecule has 1 heterocycles. The largest absolute Gasteiger partial charge is 0.465 e. The van der Waals surface area contributed by atoms with Gasteiger partial charge in [-0.15, -0.1) is 0 Å². The minimum absolute atomic E-state index is 0.297. The predicted octanol–water partition coefficient (Wildman–Crippen LogP) is 2.54. The molecule has 2 atom stereocenters. The van der Waals surface area contributed by atoms with Gasteiger partial charge in [0, 0.05) is 0 Å². The van der Waals surface area contributed by atoms with Gasteiger partial charge in [-0.3, -0.25) is 4.79 Å². The maximum atomic E-state index is 11.7. The number of ether oxygens (including phenoxy) is 2. The van der Waals surface area contributed by atoms with Crippen molar-refractivity contribution in [3.8, 4) is 0 Å². The number of esters is 1. The van der Waals surface area contributed by atoms with Crippen LogP contribution in [-0.4, -0.2) is 23.1 Å². The molecule has 0 unspecified atom stereocenters. The molecule has 0 amide bonds. The van der Waals surface area contributed by atoms with E-state index in [4.69, 9.17) is 9.47 Å². The van der Waals surface area contributed by atoms with E-state index < -0.39 is 22.6 Å². The number of rotatable bonds is 3. The summed E-state index contributed by atoms with van der Waals surface area (Å²) in [5.74, 6) is -0.405. The molecule has 90 valence electrons. The minimum Gasteiger partial charge on any atom is -0.465 e. The zero-order chi connectivity index (χ0) is 12.3. The summed E-state index contributed by atoms with van der Waals surface area (Å²) in [4.78, 5) is 23.0. The number of thioether (sulfide) groups is 1. The zero-order valence-electron chi connectivity index (χ0n) is 9.29. The third kappa shape index (κ3) is 2.61. The molecule has 0 aromatic heterocycles. The highest BCUT2D eigenvalue weighted by Gasteiger charge is 2.42. The summed E-state index contributed by atoms with van der Waals surface area (Å²) in [5.41, 5.74) is 0.809. The quantitative estimate of drug-likeness (QED) is 0.774. The molecule has 1 aliphatic heterocycles. The van der Waals surface area contributed by atoms with Crippen molar-refractivity contribution in [3.63, 3.8) is 0 Å². The van der Waals surface area contributed by atoms with E-state index >= 15 is 0 Å². The minimum atomic E-state index is -0.607. The second kappa shape index (κ2) is 5.23. The van der Waals surface area contributed by atoms with E-state index in [0.29, 0.717) is 6.61 Å². The van der Waals surface area contributed by atoms with Crippen molar-refractivity contribution in [2.24, 2.45) is 0 Å². The SMILES string of the molecule is CCOC(=O)[C@@H]1SC(=O)O[C@H]1c1ccccc1. The van der Waals surface area contributed by atoms with Gasteiger partial charge in [-0.25, -0.2) is 4.79 Å². The molecule has 0 aliphatic carbocycles. The van der Waals surface area contributed by atoms with Gasteiger partial charge in [0.1, 0.15) is 0 Å². The Hall–Kier alpha value is -1.49. The van der Waals surface area contributed by atoms with Gasteiger partial charge in [0.2, 0.25) is 0 Å². The van der Waals surface area contributed by atoms with Gasteiger partial charge < -0.3 is 9.47 Å². The Bertz CT molecular complexity index is 418. The van der Waals surface area contributed by atoms with Crippen molar-refractivity contribution in [3.05, 3.63) is 35.9 Å². The second-order valence-corrected chi connectivity index (χ2v) is 4.57. The van der Waals surface area contributed by atoms with Gasteiger partial charge in [0.15, 0.2) is 11.4 Å². The van der Waals surface area contributed by atoms with Crippen LogP contribution in [0.2, 0.25) is 0 Å². The lowest BCUT2D eigenvalue weighted by atomic mass is 10.1. The Kier molecular flexibility index (Phi) is 3.68. The fraction of sp³-hybridized carbons (Fsp3) is 0.333. The first-order chi connectivity index (χ1) is 8.22. The number of carbonyl (C=O) groups excluding carboxylic acids is 2. The molecule has 0 spiro atoms. The van der Waals surface area contributed by atoms with Crippen LogP contribution < -0.4 is 0 Å². The molecule has 0 bridgehead atoms. The topological polar surface area (TPSA) is 52.6 Å². The molecule has 0 saturated carbocycles. The van der Waals surface area contributed by atoms with Crippen LogP contribution in [-0.2, 0) is 14.3 Å². The van der Waals surface area contributed by atoms with Gasteiger partial charge in [-0.2, -0.15) is 0 Å². The summed E-state index contributed by atoms with van der Waals surface area (Å²) in [6.45, 7) is 2.03.